The maximum absolute atomic E-state index is 4.35. The summed E-state index contributed by atoms with van der Waals surface area (Å²) in [4.78, 5) is 4.34. The van der Waals surface area contributed by atoms with Gasteiger partial charge in [0, 0.05) is 30.1 Å². The Kier molecular flexibility index (Phi) is 4.16. The summed E-state index contributed by atoms with van der Waals surface area (Å²) >= 11 is 1.75. The SMILES string of the molecule is C=CCn1c(SCCc2ccccn2)nnc1C1CC1. The maximum Gasteiger partial charge on any atom is 0.191 e. The molecule has 3 rings (SSSR count). The predicted octanol–water partition coefficient (Wildman–Crippen LogP) is 3.07. The van der Waals surface area contributed by atoms with Crippen LogP contribution in [0, 0.1) is 0 Å². The second kappa shape index (κ2) is 6.22. The highest BCUT2D eigenvalue weighted by Gasteiger charge is 2.29. The minimum atomic E-state index is 0.618. The molecule has 0 aromatic carbocycles. The number of aryl methyl sites for hydroxylation is 1. The van der Waals surface area contributed by atoms with Crippen molar-refractivity contribution < 1.29 is 0 Å². The molecule has 0 amide bonds. The molecular weight excluding hydrogens is 268 g/mol. The molecule has 0 radical (unpaired) electrons. The van der Waals surface area contributed by atoms with E-state index in [9.17, 15) is 0 Å². The molecule has 0 bridgehead atoms. The van der Waals surface area contributed by atoms with Gasteiger partial charge in [0.05, 0.1) is 0 Å². The van der Waals surface area contributed by atoms with Crippen LogP contribution < -0.4 is 0 Å². The second-order valence-corrected chi connectivity index (χ2v) is 6.00. The van der Waals surface area contributed by atoms with Gasteiger partial charge < -0.3 is 4.57 Å². The van der Waals surface area contributed by atoms with Crippen molar-refractivity contribution in [2.24, 2.45) is 0 Å². The average molecular weight is 286 g/mol. The van der Waals surface area contributed by atoms with Gasteiger partial charge in [-0.05, 0) is 31.4 Å². The van der Waals surface area contributed by atoms with Crippen molar-refractivity contribution in [2.45, 2.75) is 36.9 Å². The first kappa shape index (κ1) is 13.4. The van der Waals surface area contributed by atoms with Crippen LogP contribution in [0.4, 0.5) is 0 Å². The molecule has 0 atom stereocenters. The fourth-order valence-electron chi connectivity index (χ4n) is 2.14. The summed E-state index contributed by atoms with van der Waals surface area (Å²) < 4.78 is 2.20. The Balaban J connectivity index is 1.63. The lowest BCUT2D eigenvalue weighted by Gasteiger charge is -2.06. The van der Waals surface area contributed by atoms with Gasteiger partial charge in [-0.25, -0.2) is 0 Å². The summed E-state index contributed by atoms with van der Waals surface area (Å²) in [6.45, 7) is 4.63. The molecule has 1 aliphatic carbocycles. The molecule has 1 aliphatic rings. The third-order valence-electron chi connectivity index (χ3n) is 3.32. The molecule has 104 valence electrons. The van der Waals surface area contributed by atoms with Crippen LogP contribution in [0.5, 0.6) is 0 Å². The normalized spacial score (nSPS) is 14.4. The molecule has 2 heterocycles. The van der Waals surface area contributed by atoms with Crippen LogP contribution in [0.25, 0.3) is 0 Å². The molecular formula is C15H18N4S. The summed E-state index contributed by atoms with van der Waals surface area (Å²) in [7, 11) is 0. The first-order valence-corrected chi connectivity index (χ1v) is 7.93. The van der Waals surface area contributed by atoms with E-state index in [0.717, 1.165) is 35.4 Å². The Morgan fingerprint density at radius 1 is 1.35 bits per heavy atom. The molecule has 4 nitrogen and oxygen atoms in total. The maximum atomic E-state index is 4.35. The van der Waals surface area contributed by atoms with Gasteiger partial charge in [-0.1, -0.05) is 23.9 Å². The predicted molar refractivity (Wildman–Crippen MR) is 80.9 cm³/mol. The highest BCUT2D eigenvalue weighted by atomic mass is 32.2. The first-order chi connectivity index (χ1) is 9.88. The Labute approximate surface area is 123 Å². The zero-order chi connectivity index (χ0) is 13.8. The summed E-state index contributed by atoms with van der Waals surface area (Å²) in [5, 5.41) is 9.69. The lowest BCUT2D eigenvalue weighted by atomic mass is 10.3. The minimum Gasteiger partial charge on any atom is -0.302 e. The molecule has 0 aliphatic heterocycles. The molecule has 2 aromatic heterocycles. The van der Waals surface area contributed by atoms with Crippen molar-refractivity contribution in [3.63, 3.8) is 0 Å². The van der Waals surface area contributed by atoms with E-state index in [1.54, 1.807) is 11.8 Å². The van der Waals surface area contributed by atoms with Gasteiger partial charge in [-0.2, -0.15) is 0 Å². The average Bonchev–Trinajstić information content (AvgIpc) is 3.25. The smallest absolute Gasteiger partial charge is 0.191 e. The Morgan fingerprint density at radius 2 is 2.25 bits per heavy atom. The standard InChI is InChI=1S/C15H18N4S/c1-2-10-19-14(12-6-7-12)17-18-15(19)20-11-8-13-5-3-4-9-16-13/h2-5,9,12H,1,6-8,10-11H2. The third-order valence-corrected chi connectivity index (χ3v) is 4.28. The monoisotopic (exact) mass is 286 g/mol. The zero-order valence-electron chi connectivity index (χ0n) is 11.4. The van der Waals surface area contributed by atoms with Crippen LogP contribution in [-0.2, 0) is 13.0 Å². The number of aromatic nitrogens is 4. The van der Waals surface area contributed by atoms with Crippen LogP contribution in [0.15, 0.2) is 42.2 Å². The van der Waals surface area contributed by atoms with Crippen molar-refractivity contribution in [1.29, 1.82) is 0 Å². The van der Waals surface area contributed by atoms with E-state index in [1.807, 2.05) is 24.4 Å². The number of allylic oxidation sites excluding steroid dienone is 1. The number of hydrogen-bond acceptors (Lipinski definition) is 4. The van der Waals surface area contributed by atoms with E-state index in [2.05, 4.69) is 32.4 Å². The molecule has 0 N–H and O–H groups in total. The third kappa shape index (κ3) is 3.10. The first-order valence-electron chi connectivity index (χ1n) is 6.95. The molecule has 5 heteroatoms. The second-order valence-electron chi connectivity index (χ2n) is 4.93. The van der Waals surface area contributed by atoms with Crippen molar-refractivity contribution >= 4 is 11.8 Å². The zero-order valence-corrected chi connectivity index (χ0v) is 12.2. The Hall–Kier alpha value is -1.62. The fourth-order valence-corrected chi connectivity index (χ4v) is 3.06. The highest BCUT2D eigenvalue weighted by molar-refractivity contribution is 7.99. The summed E-state index contributed by atoms with van der Waals surface area (Å²) in [6.07, 6.45) is 7.19. The van der Waals surface area contributed by atoms with Gasteiger partial charge in [0.2, 0.25) is 0 Å². The minimum absolute atomic E-state index is 0.618. The molecule has 20 heavy (non-hydrogen) atoms. The van der Waals surface area contributed by atoms with Crippen LogP contribution in [-0.4, -0.2) is 25.5 Å². The van der Waals surface area contributed by atoms with Crippen molar-refractivity contribution in [3.05, 3.63) is 48.6 Å². The summed E-state index contributed by atoms with van der Waals surface area (Å²) in [5.41, 5.74) is 1.12. The van der Waals surface area contributed by atoms with Crippen LogP contribution in [0.3, 0.4) is 0 Å². The van der Waals surface area contributed by atoms with E-state index in [1.165, 1.54) is 12.8 Å². The molecule has 0 unspecified atom stereocenters. The van der Waals surface area contributed by atoms with Gasteiger partial charge in [0.15, 0.2) is 5.16 Å². The molecule has 1 fully saturated rings. The number of thioether (sulfide) groups is 1. The Morgan fingerprint density at radius 3 is 2.95 bits per heavy atom. The number of nitrogens with zero attached hydrogens (tertiary/aromatic N) is 4. The van der Waals surface area contributed by atoms with Crippen LogP contribution in [0.2, 0.25) is 0 Å². The molecule has 0 saturated heterocycles. The van der Waals surface area contributed by atoms with Gasteiger partial charge in [-0.3, -0.25) is 4.98 Å². The van der Waals surface area contributed by atoms with E-state index in [4.69, 9.17) is 0 Å². The van der Waals surface area contributed by atoms with E-state index in [0.29, 0.717) is 5.92 Å². The van der Waals surface area contributed by atoms with Crippen molar-refractivity contribution in [1.82, 2.24) is 19.7 Å². The van der Waals surface area contributed by atoms with Gasteiger partial charge in [0.25, 0.3) is 0 Å². The van der Waals surface area contributed by atoms with E-state index in [-0.39, 0.29) is 0 Å². The summed E-state index contributed by atoms with van der Waals surface area (Å²) in [6, 6.07) is 6.03. The van der Waals surface area contributed by atoms with Gasteiger partial charge >= 0.3 is 0 Å². The van der Waals surface area contributed by atoms with Gasteiger partial charge in [0.1, 0.15) is 5.82 Å². The number of pyridine rings is 1. The lowest BCUT2D eigenvalue weighted by Crippen LogP contribution is -2.03. The lowest BCUT2D eigenvalue weighted by molar-refractivity contribution is 0.681. The van der Waals surface area contributed by atoms with Crippen LogP contribution >= 0.6 is 11.8 Å². The quantitative estimate of drug-likeness (QED) is 0.579. The number of rotatable bonds is 7. The van der Waals surface area contributed by atoms with Crippen molar-refractivity contribution in [3.8, 4) is 0 Å². The van der Waals surface area contributed by atoms with E-state index >= 15 is 0 Å². The molecule has 1 saturated carbocycles. The van der Waals surface area contributed by atoms with Gasteiger partial charge in [-0.15, -0.1) is 16.8 Å². The summed E-state index contributed by atoms with van der Waals surface area (Å²) in [5.74, 6) is 2.72. The highest BCUT2D eigenvalue weighted by Crippen LogP contribution is 2.40. The van der Waals surface area contributed by atoms with E-state index < -0.39 is 0 Å². The Bertz CT molecular complexity index is 575. The number of hydrogen-bond donors (Lipinski definition) is 0. The molecule has 0 spiro atoms. The fraction of sp³-hybridized carbons (Fsp3) is 0.400. The van der Waals surface area contributed by atoms with Crippen LogP contribution in [0.1, 0.15) is 30.3 Å². The topological polar surface area (TPSA) is 43.6 Å². The molecule has 2 aromatic rings. The van der Waals surface area contributed by atoms with Crippen molar-refractivity contribution in [2.75, 3.05) is 5.75 Å². The largest absolute Gasteiger partial charge is 0.302 e.